The van der Waals surface area contributed by atoms with Gasteiger partial charge in [0, 0.05) is 23.5 Å². The third kappa shape index (κ3) is 8.81. The fourth-order valence-corrected chi connectivity index (χ4v) is 4.34. The molecule has 3 aromatic rings. The Kier molecular flexibility index (Phi) is 9.72. The smallest absolute Gasteiger partial charge is 0.410 e. The highest BCUT2D eigenvalue weighted by Crippen LogP contribution is 2.31. The minimum atomic E-state index is -3.27. The summed E-state index contributed by atoms with van der Waals surface area (Å²) in [7, 11) is -1.95. The Labute approximate surface area is 222 Å². The van der Waals surface area contributed by atoms with Crippen molar-refractivity contribution >= 4 is 27.6 Å². The topological polar surface area (TPSA) is 122 Å². The second-order valence-electron chi connectivity index (χ2n) is 9.03. The average Bonchev–Trinajstić information content (AvgIpc) is 2.86. The van der Waals surface area contributed by atoms with Crippen molar-refractivity contribution in [3.63, 3.8) is 0 Å². The lowest BCUT2D eigenvalue weighted by Gasteiger charge is -2.29. The lowest BCUT2D eigenvalue weighted by atomic mass is 10.0. The molecule has 3 rings (SSSR count). The molecule has 202 valence electrons. The number of amides is 1. The maximum absolute atomic E-state index is 12.8. The zero-order valence-electron chi connectivity index (χ0n) is 21.6. The number of carbonyl (C=O) groups is 2. The first-order valence-electron chi connectivity index (χ1n) is 12.0. The lowest BCUT2D eigenvalue weighted by molar-refractivity contribution is -0.136. The average molecular weight is 541 g/mol. The molecule has 0 unspecified atom stereocenters. The van der Waals surface area contributed by atoms with E-state index in [2.05, 4.69) is 5.32 Å². The van der Waals surface area contributed by atoms with Gasteiger partial charge in [-0.3, -0.25) is 4.79 Å². The van der Waals surface area contributed by atoms with E-state index in [1.54, 1.807) is 47.4 Å². The zero-order chi connectivity index (χ0) is 27.7. The molecule has 0 fully saturated rings. The van der Waals surface area contributed by atoms with Crippen molar-refractivity contribution in [1.29, 1.82) is 0 Å². The minimum Gasteiger partial charge on any atom is -0.481 e. The minimum absolute atomic E-state index is 0.124. The molecule has 1 atom stereocenters. The van der Waals surface area contributed by atoms with Crippen molar-refractivity contribution in [2.75, 3.05) is 24.6 Å². The Morgan fingerprint density at radius 2 is 1.71 bits per heavy atom. The summed E-state index contributed by atoms with van der Waals surface area (Å²) in [6, 6.07) is 21.4. The van der Waals surface area contributed by atoms with Crippen LogP contribution in [0.3, 0.4) is 0 Å². The summed E-state index contributed by atoms with van der Waals surface area (Å²) in [5, 5.41) is 12.0. The van der Waals surface area contributed by atoms with Crippen molar-refractivity contribution in [3.8, 4) is 11.5 Å². The molecule has 2 N–H and O–H groups in total. The summed E-state index contributed by atoms with van der Waals surface area (Å²) in [6.07, 6.45) is 1.06. The third-order valence-electron chi connectivity index (χ3n) is 5.74. The lowest BCUT2D eigenvalue weighted by Crippen LogP contribution is -2.39. The Bertz CT molecular complexity index is 1360. The van der Waals surface area contributed by atoms with E-state index in [1.165, 1.54) is 7.11 Å². The highest BCUT2D eigenvalue weighted by atomic mass is 32.2. The predicted molar refractivity (Wildman–Crippen MR) is 145 cm³/mol. The van der Waals surface area contributed by atoms with E-state index in [1.807, 2.05) is 37.3 Å². The number of sulfone groups is 1. The zero-order valence-corrected chi connectivity index (χ0v) is 22.4. The number of carbonyl (C=O) groups excluding carboxylic acids is 1. The second kappa shape index (κ2) is 13.0. The molecule has 0 radical (unpaired) electrons. The maximum atomic E-state index is 12.8. The van der Waals surface area contributed by atoms with Crippen LogP contribution in [0.4, 0.5) is 10.5 Å². The van der Waals surface area contributed by atoms with Gasteiger partial charge in [-0.2, -0.15) is 0 Å². The number of anilines is 1. The number of nitrogens with one attached hydrogen (secondary N) is 1. The van der Waals surface area contributed by atoms with Gasteiger partial charge in [-0.1, -0.05) is 42.5 Å². The van der Waals surface area contributed by atoms with E-state index in [-0.39, 0.29) is 24.9 Å². The highest BCUT2D eigenvalue weighted by molar-refractivity contribution is 7.90. The van der Waals surface area contributed by atoms with Crippen LogP contribution in [0.5, 0.6) is 11.5 Å². The van der Waals surface area contributed by atoms with Gasteiger partial charge in [-0.25, -0.2) is 13.2 Å². The summed E-state index contributed by atoms with van der Waals surface area (Å²) in [5.41, 5.74) is 2.79. The summed E-state index contributed by atoms with van der Waals surface area (Å²) in [6.45, 7) is 2.05. The highest BCUT2D eigenvalue weighted by Gasteiger charge is 2.23. The van der Waals surface area contributed by atoms with Gasteiger partial charge in [0.2, 0.25) is 0 Å². The number of benzene rings is 3. The molecule has 0 spiro atoms. The van der Waals surface area contributed by atoms with E-state index in [9.17, 15) is 18.0 Å². The molecule has 0 aromatic heterocycles. The van der Waals surface area contributed by atoms with Gasteiger partial charge in [0.1, 0.15) is 17.4 Å². The van der Waals surface area contributed by atoms with Crippen LogP contribution in [-0.2, 0) is 38.8 Å². The van der Waals surface area contributed by atoms with Gasteiger partial charge in [0.25, 0.3) is 0 Å². The fraction of sp³-hybridized carbons (Fsp3) is 0.286. The van der Waals surface area contributed by atoms with Crippen molar-refractivity contribution in [3.05, 3.63) is 89.5 Å². The number of aliphatic carboxylic acids is 1. The van der Waals surface area contributed by atoms with Gasteiger partial charge in [0.15, 0.2) is 9.84 Å². The van der Waals surface area contributed by atoms with Gasteiger partial charge < -0.3 is 24.8 Å². The van der Waals surface area contributed by atoms with Crippen molar-refractivity contribution < 1.29 is 32.6 Å². The standard InChI is InChI=1S/C28H32N2O7S/c1-20(14-21-8-5-4-6-9-21)30(28(33)36-2)18-23-17-24(29-19-38(3,34)35)12-13-26(23)37-25-11-7-10-22(15-25)16-27(31)32/h4-13,15,17,20,29H,14,16,18-19H2,1-3H3,(H,31,32)/t20-/m0/s1. The Hall–Kier alpha value is -4.05. The number of nitrogens with zero attached hydrogens (tertiary/aromatic N) is 1. The van der Waals surface area contributed by atoms with Crippen LogP contribution in [0.1, 0.15) is 23.6 Å². The molecule has 10 heteroatoms. The van der Waals surface area contributed by atoms with Gasteiger partial charge >= 0.3 is 12.1 Å². The van der Waals surface area contributed by atoms with Gasteiger partial charge in [0.05, 0.1) is 20.1 Å². The SMILES string of the molecule is COC(=O)N(Cc1cc(NCS(C)(=O)=O)ccc1Oc1cccc(CC(=O)O)c1)[C@@H](C)Cc1ccccc1. The molecule has 0 heterocycles. The molecule has 0 aliphatic heterocycles. The summed E-state index contributed by atoms with van der Waals surface area (Å²) >= 11 is 0. The Balaban J connectivity index is 1.94. The number of ether oxygens (including phenoxy) is 2. The number of carboxylic acid groups (broad SMARTS) is 1. The first-order valence-corrected chi connectivity index (χ1v) is 14.0. The molecule has 0 saturated carbocycles. The monoisotopic (exact) mass is 540 g/mol. The van der Waals surface area contributed by atoms with Crippen molar-refractivity contribution in [2.24, 2.45) is 0 Å². The molecular weight excluding hydrogens is 508 g/mol. The predicted octanol–water partition coefficient (Wildman–Crippen LogP) is 4.72. The fourth-order valence-electron chi connectivity index (χ4n) is 3.91. The molecular formula is C28H32N2O7S. The largest absolute Gasteiger partial charge is 0.481 e. The Morgan fingerprint density at radius 3 is 2.37 bits per heavy atom. The van der Waals surface area contributed by atoms with E-state index < -0.39 is 21.9 Å². The summed E-state index contributed by atoms with van der Waals surface area (Å²) in [5.74, 6) is -0.341. The van der Waals surface area contributed by atoms with E-state index in [0.29, 0.717) is 34.7 Å². The van der Waals surface area contributed by atoms with Crippen LogP contribution in [0.15, 0.2) is 72.8 Å². The summed E-state index contributed by atoms with van der Waals surface area (Å²) < 4.78 is 34.6. The van der Waals surface area contributed by atoms with Crippen LogP contribution < -0.4 is 10.1 Å². The van der Waals surface area contributed by atoms with E-state index in [4.69, 9.17) is 14.6 Å². The first-order chi connectivity index (χ1) is 18.0. The second-order valence-corrected chi connectivity index (χ2v) is 11.2. The molecule has 0 aliphatic carbocycles. The molecule has 1 amide bonds. The van der Waals surface area contributed by atoms with Gasteiger partial charge in [-0.05, 0) is 54.8 Å². The first kappa shape index (κ1) is 28.5. The number of methoxy groups -OCH3 is 1. The van der Waals surface area contributed by atoms with E-state index >= 15 is 0 Å². The van der Waals surface area contributed by atoms with Crippen LogP contribution >= 0.6 is 0 Å². The molecule has 9 nitrogen and oxygen atoms in total. The third-order valence-corrected chi connectivity index (χ3v) is 6.41. The summed E-state index contributed by atoms with van der Waals surface area (Å²) in [4.78, 5) is 25.5. The number of rotatable bonds is 12. The van der Waals surface area contributed by atoms with Crippen LogP contribution in [0, 0.1) is 0 Å². The van der Waals surface area contributed by atoms with Crippen LogP contribution in [-0.4, -0.2) is 55.8 Å². The molecule has 38 heavy (non-hydrogen) atoms. The van der Waals surface area contributed by atoms with Crippen LogP contribution in [0.25, 0.3) is 0 Å². The van der Waals surface area contributed by atoms with Crippen molar-refractivity contribution in [2.45, 2.75) is 32.4 Å². The molecule has 0 saturated heterocycles. The van der Waals surface area contributed by atoms with Crippen LogP contribution in [0.2, 0.25) is 0 Å². The quantitative estimate of drug-likeness (QED) is 0.338. The molecule has 0 bridgehead atoms. The number of hydrogen-bond donors (Lipinski definition) is 2. The molecule has 3 aromatic carbocycles. The molecule has 0 aliphatic rings. The maximum Gasteiger partial charge on any atom is 0.410 e. The number of hydrogen-bond acceptors (Lipinski definition) is 7. The Morgan fingerprint density at radius 1 is 1.00 bits per heavy atom. The number of carboxylic acids is 1. The van der Waals surface area contributed by atoms with Gasteiger partial charge in [-0.15, -0.1) is 0 Å². The van der Waals surface area contributed by atoms with E-state index in [0.717, 1.165) is 11.8 Å². The normalized spacial score (nSPS) is 11.9. The van der Waals surface area contributed by atoms with Crippen molar-refractivity contribution in [1.82, 2.24) is 4.90 Å².